The van der Waals surface area contributed by atoms with E-state index in [9.17, 15) is 9.59 Å². The van der Waals surface area contributed by atoms with Crippen LogP contribution in [-0.4, -0.2) is 16.9 Å². The van der Waals surface area contributed by atoms with Crippen LogP contribution in [0, 0.1) is 0 Å². The van der Waals surface area contributed by atoms with Crippen LogP contribution in [0.15, 0.2) is 60.7 Å². The van der Waals surface area contributed by atoms with E-state index in [1.165, 1.54) is 11.3 Å². The van der Waals surface area contributed by atoms with Crippen LogP contribution < -0.4 is 16.4 Å². The van der Waals surface area contributed by atoms with Gasteiger partial charge in [0.05, 0.1) is 26.0 Å². The monoisotopic (exact) mass is 422 g/mol. The maximum atomic E-state index is 12.7. The Morgan fingerprint density at radius 1 is 1.00 bits per heavy atom. The molecule has 0 aliphatic carbocycles. The molecule has 6 nitrogen and oxygen atoms in total. The van der Waals surface area contributed by atoms with E-state index in [-0.39, 0.29) is 11.9 Å². The normalized spacial score (nSPS) is 11.9. The average Bonchev–Trinajstić information content (AvgIpc) is 3.35. The van der Waals surface area contributed by atoms with Crippen molar-refractivity contribution in [2.45, 2.75) is 13.0 Å². The number of fused-ring (bicyclic) bond motifs is 1. The molecular formula is C21H18N4O2S2. The third-order valence-electron chi connectivity index (χ3n) is 4.36. The highest BCUT2D eigenvalue weighted by Crippen LogP contribution is 2.34. The summed E-state index contributed by atoms with van der Waals surface area (Å²) in [5.74, 6) is -0.130. The molecule has 0 bridgehead atoms. The van der Waals surface area contributed by atoms with Crippen molar-refractivity contribution in [2.75, 3.05) is 5.32 Å². The molecule has 8 heteroatoms. The molecule has 29 heavy (non-hydrogen) atoms. The molecule has 0 radical (unpaired) electrons. The van der Waals surface area contributed by atoms with Gasteiger partial charge in [0, 0.05) is 5.69 Å². The first-order valence-corrected chi connectivity index (χ1v) is 10.6. The number of rotatable bonds is 5. The van der Waals surface area contributed by atoms with Gasteiger partial charge >= 0.3 is 6.03 Å². The zero-order valence-corrected chi connectivity index (χ0v) is 17.1. The fraction of sp³-hybridized carbons (Fsp3) is 0.0952. The number of amides is 3. The molecule has 2 heterocycles. The van der Waals surface area contributed by atoms with Crippen molar-refractivity contribution in [3.05, 3.63) is 71.1 Å². The van der Waals surface area contributed by atoms with Crippen molar-refractivity contribution in [1.82, 2.24) is 10.3 Å². The molecule has 0 fully saturated rings. The van der Waals surface area contributed by atoms with E-state index in [1.54, 1.807) is 23.5 Å². The van der Waals surface area contributed by atoms with E-state index in [0.717, 1.165) is 25.7 Å². The van der Waals surface area contributed by atoms with Crippen LogP contribution in [0.2, 0.25) is 0 Å². The number of carbonyl (C=O) groups excluding carboxylic acids is 2. The van der Waals surface area contributed by atoms with Crippen molar-refractivity contribution in [1.29, 1.82) is 0 Å². The van der Waals surface area contributed by atoms with Crippen molar-refractivity contribution in [3.63, 3.8) is 0 Å². The summed E-state index contributed by atoms with van der Waals surface area (Å²) in [7, 11) is 0. The van der Waals surface area contributed by atoms with Gasteiger partial charge in [-0.2, -0.15) is 0 Å². The lowest BCUT2D eigenvalue weighted by atomic mass is 10.1. The lowest BCUT2D eigenvalue weighted by Crippen LogP contribution is -2.25. The van der Waals surface area contributed by atoms with Crippen LogP contribution in [0.3, 0.4) is 0 Å². The first kappa shape index (κ1) is 19.1. The minimum atomic E-state index is -0.610. The Labute approximate surface area is 175 Å². The molecule has 0 saturated carbocycles. The van der Waals surface area contributed by atoms with E-state index >= 15 is 0 Å². The van der Waals surface area contributed by atoms with Crippen LogP contribution in [0.1, 0.15) is 28.2 Å². The summed E-state index contributed by atoms with van der Waals surface area (Å²) in [4.78, 5) is 29.8. The molecule has 146 valence electrons. The maximum absolute atomic E-state index is 12.7. The smallest absolute Gasteiger partial charge is 0.316 e. The number of hydrogen-bond donors (Lipinski definition) is 3. The highest BCUT2D eigenvalue weighted by molar-refractivity contribution is 7.26. The number of benzene rings is 2. The van der Waals surface area contributed by atoms with Crippen molar-refractivity contribution in [2.24, 2.45) is 5.73 Å². The number of urea groups is 1. The molecule has 1 unspecified atom stereocenters. The number of primary amides is 1. The number of carbonyl (C=O) groups is 2. The molecular weight excluding hydrogens is 404 g/mol. The topological polar surface area (TPSA) is 97.1 Å². The highest BCUT2D eigenvalue weighted by Gasteiger charge is 2.16. The average molecular weight is 423 g/mol. The Bertz CT molecular complexity index is 1150. The van der Waals surface area contributed by atoms with Gasteiger partial charge in [0.2, 0.25) is 0 Å². The Kier molecular flexibility index (Phi) is 5.28. The van der Waals surface area contributed by atoms with Crippen molar-refractivity contribution < 1.29 is 9.59 Å². The number of thiazole rings is 1. The lowest BCUT2D eigenvalue weighted by molar-refractivity contribution is 0.0944. The maximum Gasteiger partial charge on any atom is 0.316 e. The zero-order chi connectivity index (χ0) is 20.4. The Hall–Kier alpha value is -3.23. The molecule has 0 aliphatic heterocycles. The SMILES string of the molecule is CC(NC(=O)c1ccc(-c2nc3ccccc3s2)s1)c1ccc(NC(N)=O)cc1. The number of hydrogen-bond acceptors (Lipinski definition) is 5. The second kappa shape index (κ2) is 8.02. The zero-order valence-electron chi connectivity index (χ0n) is 15.5. The standard InChI is InChI=1S/C21H18N4O2S2/c1-12(13-6-8-14(9-7-13)24-21(22)27)23-19(26)17-10-11-18(28-17)20-25-15-4-2-3-5-16(15)29-20/h2-12H,1H3,(H,23,26)(H3,22,24,27). The van der Waals surface area contributed by atoms with Gasteiger partial charge in [0.15, 0.2) is 0 Å². The summed E-state index contributed by atoms with van der Waals surface area (Å²) in [6.45, 7) is 1.91. The van der Waals surface area contributed by atoms with Crippen LogP contribution in [-0.2, 0) is 0 Å². The molecule has 4 N–H and O–H groups in total. The van der Waals surface area contributed by atoms with Crippen LogP contribution >= 0.6 is 22.7 Å². The van der Waals surface area contributed by atoms with Gasteiger partial charge in [0.25, 0.3) is 5.91 Å². The van der Waals surface area contributed by atoms with Crippen molar-refractivity contribution >= 4 is 50.5 Å². The van der Waals surface area contributed by atoms with Crippen LogP contribution in [0.4, 0.5) is 10.5 Å². The molecule has 0 spiro atoms. The summed E-state index contributed by atoms with van der Waals surface area (Å²) in [6.07, 6.45) is 0. The van der Waals surface area contributed by atoms with E-state index in [0.29, 0.717) is 10.6 Å². The Morgan fingerprint density at radius 3 is 2.48 bits per heavy atom. The first-order chi connectivity index (χ1) is 14.0. The van der Waals surface area contributed by atoms with Gasteiger partial charge in [-0.1, -0.05) is 24.3 Å². The minimum Gasteiger partial charge on any atom is -0.351 e. The predicted octanol–water partition coefficient (Wildman–Crippen LogP) is 5.01. The highest BCUT2D eigenvalue weighted by atomic mass is 32.1. The van der Waals surface area contributed by atoms with Crippen LogP contribution in [0.25, 0.3) is 20.1 Å². The summed E-state index contributed by atoms with van der Waals surface area (Å²) in [5, 5.41) is 6.44. The summed E-state index contributed by atoms with van der Waals surface area (Å²) in [5.41, 5.74) is 7.61. The molecule has 4 aromatic rings. The third kappa shape index (κ3) is 4.28. The fourth-order valence-corrected chi connectivity index (χ4v) is 4.83. The molecule has 0 saturated heterocycles. The molecule has 2 aromatic carbocycles. The first-order valence-electron chi connectivity index (χ1n) is 8.92. The fourth-order valence-electron chi connectivity index (χ4n) is 2.90. The summed E-state index contributed by atoms with van der Waals surface area (Å²) < 4.78 is 1.13. The number of nitrogens with one attached hydrogen (secondary N) is 2. The molecule has 0 aliphatic rings. The Morgan fingerprint density at radius 2 is 1.76 bits per heavy atom. The minimum absolute atomic E-state index is 0.130. The van der Waals surface area contributed by atoms with Gasteiger partial charge in [-0.15, -0.1) is 22.7 Å². The molecule has 2 aromatic heterocycles. The number of nitrogens with two attached hydrogens (primary N) is 1. The summed E-state index contributed by atoms with van der Waals surface area (Å²) in [6, 6.07) is 18.2. The number of anilines is 1. The number of nitrogens with zero attached hydrogens (tertiary/aromatic N) is 1. The Balaban J connectivity index is 1.45. The molecule has 4 rings (SSSR count). The van der Waals surface area contributed by atoms with Gasteiger partial charge in [-0.05, 0) is 48.9 Å². The van der Waals surface area contributed by atoms with Gasteiger partial charge < -0.3 is 16.4 Å². The second-order valence-corrected chi connectivity index (χ2v) is 8.57. The van der Waals surface area contributed by atoms with Gasteiger partial charge in [-0.3, -0.25) is 4.79 Å². The largest absolute Gasteiger partial charge is 0.351 e. The molecule has 1 atom stereocenters. The third-order valence-corrected chi connectivity index (χ3v) is 6.65. The quantitative estimate of drug-likeness (QED) is 0.422. The lowest BCUT2D eigenvalue weighted by Gasteiger charge is -2.14. The van der Waals surface area contributed by atoms with E-state index in [4.69, 9.17) is 5.73 Å². The van der Waals surface area contributed by atoms with Gasteiger partial charge in [-0.25, -0.2) is 9.78 Å². The number of aromatic nitrogens is 1. The second-order valence-electron chi connectivity index (χ2n) is 6.46. The summed E-state index contributed by atoms with van der Waals surface area (Å²) >= 11 is 3.05. The van der Waals surface area contributed by atoms with Gasteiger partial charge in [0.1, 0.15) is 5.01 Å². The van der Waals surface area contributed by atoms with E-state index < -0.39 is 6.03 Å². The predicted molar refractivity (Wildman–Crippen MR) is 118 cm³/mol. The van der Waals surface area contributed by atoms with Crippen LogP contribution in [0.5, 0.6) is 0 Å². The van der Waals surface area contributed by atoms with E-state index in [2.05, 4.69) is 15.6 Å². The number of para-hydroxylation sites is 1. The van der Waals surface area contributed by atoms with Crippen molar-refractivity contribution in [3.8, 4) is 9.88 Å². The molecule has 3 amide bonds. The number of thiophene rings is 1. The van der Waals surface area contributed by atoms with E-state index in [1.807, 2.05) is 55.5 Å².